The maximum absolute atomic E-state index is 12.5. The summed E-state index contributed by atoms with van der Waals surface area (Å²) in [6.45, 7) is 9.36. The number of aryl methyl sites for hydroxylation is 1. The van der Waals surface area contributed by atoms with E-state index in [2.05, 4.69) is 0 Å². The van der Waals surface area contributed by atoms with Gasteiger partial charge in [-0.25, -0.2) is 4.79 Å². The fourth-order valence-corrected chi connectivity index (χ4v) is 2.92. The van der Waals surface area contributed by atoms with E-state index in [1.54, 1.807) is 4.90 Å². The second-order valence-corrected chi connectivity index (χ2v) is 7.76. The number of hydrogen-bond acceptors (Lipinski definition) is 4. The molecule has 0 fully saturated rings. The first-order valence-electron chi connectivity index (χ1n) is 9.23. The molecule has 1 aliphatic rings. The van der Waals surface area contributed by atoms with Gasteiger partial charge in [-0.2, -0.15) is 0 Å². The highest BCUT2D eigenvalue weighted by molar-refractivity contribution is 5.69. The van der Waals surface area contributed by atoms with Crippen LogP contribution >= 0.6 is 0 Å². The van der Waals surface area contributed by atoms with Gasteiger partial charge in [-0.15, -0.1) is 0 Å². The summed E-state index contributed by atoms with van der Waals surface area (Å²) < 4.78 is 17.5. The largest absolute Gasteiger partial charge is 0.491 e. The first kappa shape index (κ1) is 19.1. The highest BCUT2D eigenvalue weighted by Crippen LogP contribution is 2.34. The van der Waals surface area contributed by atoms with E-state index in [1.807, 2.05) is 70.2 Å². The van der Waals surface area contributed by atoms with Crippen molar-refractivity contribution in [1.82, 2.24) is 4.90 Å². The molecular weight excluding hydrogens is 342 g/mol. The molecule has 0 bridgehead atoms. The molecule has 0 aromatic heterocycles. The van der Waals surface area contributed by atoms with E-state index in [0.29, 0.717) is 26.3 Å². The average Bonchev–Trinajstić information content (AvgIpc) is 2.81. The Balaban J connectivity index is 1.82. The molecular formula is C22H27NO4. The number of fused-ring (bicyclic) bond motifs is 1. The number of rotatable bonds is 3. The Hall–Kier alpha value is -2.69. The summed E-state index contributed by atoms with van der Waals surface area (Å²) in [5.41, 5.74) is 2.49. The quantitative estimate of drug-likeness (QED) is 0.787. The molecule has 1 aliphatic heterocycles. The summed E-state index contributed by atoms with van der Waals surface area (Å²) in [5.74, 6) is 1.51. The van der Waals surface area contributed by atoms with Crippen molar-refractivity contribution >= 4 is 6.09 Å². The topological polar surface area (TPSA) is 48.0 Å². The molecule has 2 aromatic rings. The van der Waals surface area contributed by atoms with Crippen molar-refractivity contribution in [2.24, 2.45) is 0 Å². The van der Waals surface area contributed by atoms with Crippen LogP contribution in [0.15, 0.2) is 42.5 Å². The molecule has 0 spiro atoms. The van der Waals surface area contributed by atoms with Crippen LogP contribution < -0.4 is 9.47 Å². The number of ether oxygens (including phenoxy) is 3. The summed E-state index contributed by atoms with van der Waals surface area (Å²) >= 11 is 0. The number of carbonyl (C=O) groups is 1. The minimum absolute atomic E-state index is 0.339. The summed E-state index contributed by atoms with van der Waals surface area (Å²) in [4.78, 5) is 14.2. The van der Waals surface area contributed by atoms with E-state index in [4.69, 9.17) is 14.2 Å². The Kier molecular flexibility index (Phi) is 5.59. The van der Waals surface area contributed by atoms with Crippen LogP contribution in [0.5, 0.6) is 11.5 Å². The van der Waals surface area contributed by atoms with Crippen molar-refractivity contribution in [3.8, 4) is 11.5 Å². The van der Waals surface area contributed by atoms with Gasteiger partial charge in [0.2, 0.25) is 0 Å². The molecule has 1 heterocycles. The maximum atomic E-state index is 12.5. The van der Waals surface area contributed by atoms with Gasteiger partial charge in [-0.3, -0.25) is 0 Å². The van der Waals surface area contributed by atoms with Crippen molar-refractivity contribution in [1.29, 1.82) is 0 Å². The average molecular weight is 369 g/mol. The molecule has 2 aromatic carbocycles. The molecule has 5 nitrogen and oxygen atoms in total. The van der Waals surface area contributed by atoms with Crippen LogP contribution in [0.4, 0.5) is 4.79 Å². The first-order valence-corrected chi connectivity index (χ1v) is 9.23. The highest BCUT2D eigenvalue weighted by Gasteiger charge is 2.27. The fraction of sp³-hybridized carbons (Fsp3) is 0.409. The van der Waals surface area contributed by atoms with Gasteiger partial charge < -0.3 is 19.1 Å². The van der Waals surface area contributed by atoms with Crippen molar-refractivity contribution in [3.05, 3.63) is 59.2 Å². The summed E-state index contributed by atoms with van der Waals surface area (Å²) in [7, 11) is 0. The molecule has 0 saturated carbocycles. The zero-order valence-corrected chi connectivity index (χ0v) is 16.5. The first-order chi connectivity index (χ1) is 12.8. The van der Waals surface area contributed by atoms with Crippen molar-refractivity contribution in [2.45, 2.75) is 46.4 Å². The Bertz CT molecular complexity index is 796. The monoisotopic (exact) mass is 369 g/mol. The van der Waals surface area contributed by atoms with E-state index in [0.717, 1.165) is 28.2 Å². The zero-order chi connectivity index (χ0) is 19.4. The molecule has 0 atom stereocenters. The molecule has 3 rings (SSSR count). The second-order valence-electron chi connectivity index (χ2n) is 7.76. The summed E-state index contributed by atoms with van der Waals surface area (Å²) in [5, 5.41) is 0. The molecule has 144 valence electrons. The number of nitrogens with zero attached hydrogens (tertiary/aromatic N) is 1. The van der Waals surface area contributed by atoms with Gasteiger partial charge in [0.15, 0.2) is 0 Å². The van der Waals surface area contributed by atoms with E-state index in [9.17, 15) is 4.79 Å². The number of carbonyl (C=O) groups excluding carboxylic acids is 1. The van der Waals surface area contributed by atoms with Crippen LogP contribution in [0.1, 0.15) is 37.5 Å². The van der Waals surface area contributed by atoms with Gasteiger partial charge in [0, 0.05) is 0 Å². The minimum Gasteiger partial charge on any atom is -0.491 e. The lowest BCUT2D eigenvalue weighted by Crippen LogP contribution is -2.37. The van der Waals surface area contributed by atoms with Gasteiger partial charge in [0.25, 0.3) is 0 Å². The molecule has 5 heteroatoms. The van der Waals surface area contributed by atoms with Gasteiger partial charge >= 0.3 is 6.09 Å². The normalized spacial score (nSPS) is 14.0. The van der Waals surface area contributed by atoms with Crippen LogP contribution in [0.25, 0.3) is 0 Å². The lowest BCUT2D eigenvalue weighted by molar-refractivity contribution is 0.0224. The van der Waals surface area contributed by atoms with E-state index >= 15 is 0 Å². The predicted octanol–water partition coefficient (Wildman–Crippen LogP) is 4.70. The molecule has 0 N–H and O–H groups in total. The van der Waals surface area contributed by atoms with E-state index in [1.165, 1.54) is 0 Å². The van der Waals surface area contributed by atoms with Gasteiger partial charge in [-0.1, -0.05) is 30.3 Å². The molecule has 0 aliphatic carbocycles. The minimum atomic E-state index is -0.535. The standard InChI is InChI=1S/C22H27NO4/c1-16-12-19-18(20(13-16)26-15-17-8-6-5-7-9-17)14-23(10-11-25-19)21(24)27-22(2,3)4/h5-9,12-13H,10-11,14-15H2,1-4H3. The maximum Gasteiger partial charge on any atom is 0.410 e. The molecule has 0 saturated heterocycles. The number of amides is 1. The predicted molar refractivity (Wildman–Crippen MR) is 104 cm³/mol. The van der Waals surface area contributed by atoms with Crippen LogP contribution in [-0.4, -0.2) is 29.7 Å². The van der Waals surface area contributed by atoms with Gasteiger partial charge in [0.05, 0.1) is 18.7 Å². The lowest BCUT2D eigenvalue weighted by atomic mass is 10.1. The zero-order valence-electron chi connectivity index (χ0n) is 16.5. The third kappa shape index (κ3) is 5.16. The fourth-order valence-electron chi connectivity index (χ4n) is 2.92. The van der Waals surface area contributed by atoms with Gasteiger partial charge in [-0.05, 0) is 51.0 Å². The summed E-state index contributed by atoms with van der Waals surface area (Å²) in [6.07, 6.45) is -0.339. The second kappa shape index (κ2) is 7.91. The van der Waals surface area contributed by atoms with Crippen LogP contribution in [-0.2, 0) is 17.9 Å². The third-order valence-electron chi connectivity index (χ3n) is 4.17. The molecule has 0 unspecified atom stereocenters. The van der Waals surface area contributed by atoms with Gasteiger partial charge in [0.1, 0.15) is 30.3 Å². The lowest BCUT2D eigenvalue weighted by Gasteiger charge is -2.26. The SMILES string of the molecule is Cc1cc2c(c(OCc3ccccc3)c1)CN(C(=O)OC(C)(C)C)CCO2. The van der Waals surface area contributed by atoms with E-state index < -0.39 is 5.60 Å². The van der Waals surface area contributed by atoms with E-state index in [-0.39, 0.29) is 6.09 Å². The van der Waals surface area contributed by atoms with Crippen molar-refractivity contribution < 1.29 is 19.0 Å². The Morgan fingerprint density at radius 2 is 1.93 bits per heavy atom. The van der Waals surface area contributed by atoms with Crippen molar-refractivity contribution in [3.63, 3.8) is 0 Å². The van der Waals surface area contributed by atoms with Crippen LogP contribution in [0.3, 0.4) is 0 Å². The number of hydrogen-bond donors (Lipinski definition) is 0. The third-order valence-corrected chi connectivity index (χ3v) is 4.17. The Morgan fingerprint density at radius 1 is 1.19 bits per heavy atom. The Labute approximate surface area is 160 Å². The van der Waals surface area contributed by atoms with Crippen molar-refractivity contribution in [2.75, 3.05) is 13.2 Å². The van der Waals surface area contributed by atoms with Crippen LogP contribution in [0.2, 0.25) is 0 Å². The smallest absolute Gasteiger partial charge is 0.410 e. The molecule has 0 radical (unpaired) electrons. The Morgan fingerprint density at radius 3 is 2.63 bits per heavy atom. The molecule has 1 amide bonds. The summed E-state index contributed by atoms with van der Waals surface area (Å²) in [6, 6.07) is 14.0. The highest BCUT2D eigenvalue weighted by atomic mass is 16.6. The van der Waals surface area contributed by atoms with Crippen LogP contribution in [0, 0.1) is 6.92 Å². The molecule has 27 heavy (non-hydrogen) atoms. The number of benzene rings is 2.